The van der Waals surface area contributed by atoms with Gasteiger partial charge in [-0.15, -0.1) is 0 Å². The first-order valence-electron chi connectivity index (χ1n) is 6.91. The van der Waals surface area contributed by atoms with Gasteiger partial charge in [0.25, 0.3) is 5.91 Å². The first kappa shape index (κ1) is 13.8. The lowest BCUT2D eigenvalue weighted by Gasteiger charge is -2.23. The Hall–Kier alpha value is -1.62. The van der Waals surface area contributed by atoms with Gasteiger partial charge >= 0.3 is 0 Å². The highest BCUT2D eigenvalue weighted by Crippen LogP contribution is 2.16. The van der Waals surface area contributed by atoms with E-state index in [-0.39, 0.29) is 5.91 Å². The SMILES string of the molecule is CCN1CCCC1CNC(=O)c1cccnc1NC. The Kier molecular flexibility index (Phi) is 4.74. The van der Waals surface area contributed by atoms with Gasteiger partial charge in [0, 0.05) is 25.8 Å². The Morgan fingerprint density at radius 2 is 2.42 bits per heavy atom. The molecule has 19 heavy (non-hydrogen) atoms. The molecule has 5 heteroatoms. The second-order valence-electron chi connectivity index (χ2n) is 4.78. The molecule has 2 heterocycles. The molecule has 0 bridgehead atoms. The minimum atomic E-state index is -0.0552. The third kappa shape index (κ3) is 3.23. The van der Waals surface area contributed by atoms with Gasteiger partial charge in [-0.25, -0.2) is 4.98 Å². The quantitative estimate of drug-likeness (QED) is 0.840. The van der Waals surface area contributed by atoms with Gasteiger partial charge in [-0.3, -0.25) is 9.69 Å². The standard InChI is InChI=1S/C14H22N4O/c1-3-18-9-5-6-11(18)10-17-14(19)12-7-4-8-16-13(12)15-2/h4,7-8,11H,3,5-6,9-10H2,1-2H3,(H,15,16)(H,17,19). The summed E-state index contributed by atoms with van der Waals surface area (Å²) in [4.78, 5) is 18.7. The number of aromatic nitrogens is 1. The highest BCUT2D eigenvalue weighted by molar-refractivity contribution is 5.98. The van der Waals surface area contributed by atoms with E-state index < -0.39 is 0 Å². The number of rotatable bonds is 5. The van der Waals surface area contributed by atoms with Crippen molar-refractivity contribution >= 4 is 11.7 Å². The molecule has 0 saturated carbocycles. The zero-order chi connectivity index (χ0) is 13.7. The van der Waals surface area contributed by atoms with E-state index in [1.165, 1.54) is 12.8 Å². The van der Waals surface area contributed by atoms with Crippen molar-refractivity contribution in [3.63, 3.8) is 0 Å². The van der Waals surface area contributed by atoms with Crippen molar-refractivity contribution in [1.82, 2.24) is 15.2 Å². The van der Waals surface area contributed by atoms with Crippen LogP contribution < -0.4 is 10.6 Å². The Balaban J connectivity index is 1.94. The highest BCUT2D eigenvalue weighted by Gasteiger charge is 2.23. The zero-order valence-electron chi connectivity index (χ0n) is 11.6. The molecule has 1 aromatic heterocycles. The Morgan fingerprint density at radius 3 is 3.16 bits per heavy atom. The predicted octanol–water partition coefficient (Wildman–Crippen LogP) is 1.34. The van der Waals surface area contributed by atoms with Gasteiger partial charge < -0.3 is 10.6 Å². The van der Waals surface area contributed by atoms with E-state index in [2.05, 4.69) is 27.4 Å². The maximum atomic E-state index is 12.2. The Labute approximate surface area is 114 Å². The van der Waals surface area contributed by atoms with Gasteiger partial charge in [0.2, 0.25) is 0 Å². The molecule has 1 fully saturated rings. The predicted molar refractivity (Wildman–Crippen MR) is 76.4 cm³/mol. The minimum Gasteiger partial charge on any atom is -0.372 e. The summed E-state index contributed by atoms with van der Waals surface area (Å²) >= 11 is 0. The fourth-order valence-electron chi connectivity index (χ4n) is 2.64. The van der Waals surface area contributed by atoms with Crippen LogP contribution in [0.1, 0.15) is 30.1 Å². The molecule has 0 aliphatic carbocycles. The summed E-state index contributed by atoms with van der Waals surface area (Å²) in [6.45, 7) is 5.08. The fourth-order valence-corrected chi connectivity index (χ4v) is 2.64. The van der Waals surface area contributed by atoms with Crippen LogP contribution in [-0.4, -0.2) is 48.5 Å². The lowest BCUT2D eigenvalue weighted by Crippen LogP contribution is -2.40. The van der Waals surface area contributed by atoms with E-state index in [4.69, 9.17) is 0 Å². The molecular weight excluding hydrogens is 240 g/mol. The third-order valence-electron chi connectivity index (χ3n) is 3.69. The summed E-state index contributed by atoms with van der Waals surface area (Å²) in [5, 5.41) is 5.96. The molecule has 1 amide bonds. The van der Waals surface area contributed by atoms with Crippen molar-refractivity contribution in [2.75, 3.05) is 32.0 Å². The number of anilines is 1. The summed E-state index contributed by atoms with van der Waals surface area (Å²) in [6.07, 6.45) is 4.07. The molecule has 5 nitrogen and oxygen atoms in total. The largest absolute Gasteiger partial charge is 0.372 e. The maximum Gasteiger partial charge on any atom is 0.255 e. The third-order valence-corrected chi connectivity index (χ3v) is 3.69. The molecule has 1 aliphatic heterocycles. The van der Waals surface area contributed by atoms with Crippen LogP contribution in [0.15, 0.2) is 18.3 Å². The van der Waals surface area contributed by atoms with E-state index in [9.17, 15) is 4.79 Å². The zero-order valence-corrected chi connectivity index (χ0v) is 11.6. The number of hydrogen-bond acceptors (Lipinski definition) is 4. The molecule has 1 aliphatic rings. The molecule has 1 unspecified atom stereocenters. The van der Waals surface area contributed by atoms with Gasteiger partial charge in [0.05, 0.1) is 5.56 Å². The number of nitrogens with zero attached hydrogens (tertiary/aromatic N) is 2. The number of amides is 1. The van der Waals surface area contributed by atoms with Crippen LogP contribution in [0.4, 0.5) is 5.82 Å². The summed E-state index contributed by atoms with van der Waals surface area (Å²) in [6, 6.07) is 4.05. The van der Waals surface area contributed by atoms with Gasteiger partial charge in [-0.1, -0.05) is 6.92 Å². The average Bonchev–Trinajstić information content (AvgIpc) is 2.92. The van der Waals surface area contributed by atoms with Crippen LogP contribution in [-0.2, 0) is 0 Å². The molecule has 1 saturated heterocycles. The van der Waals surface area contributed by atoms with Gasteiger partial charge in [0.15, 0.2) is 0 Å². The lowest BCUT2D eigenvalue weighted by molar-refractivity contribution is 0.0942. The maximum absolute atomic E-state index is 12.2. The van der Waals surface area contributed by atoms with Gasteiger partial charge in [-0.05, 0) is 38.1 Å². The van der Waals surface area contributed by atoms with E-state index in [0.29, 0.717) is 24.0 Å². The number of pyridine rings is 1. The van der Waals surface area contributed by atoms with Gasteiger partial charge in [0.1, 0.15) is 5.82 Å². The minimum absolute atomic E-state index is 0.0552. The van der Waals surface area contributed by atoms with Crippen LogP contribution in [0.25, 0.3) is 0 Å². The topological polar surface area (TPSA) is 57.3 Å². The van der Waals surface area contributed by atoms with Crippen LogP contribution in [0.5, 0.6) is 0 Å². The number of hydrogen-bond donors (Lipinski definition) is 2. The molecule has 0 aromatic carbocycles. The molecule has 104 valence electrons. The van der Waals surface area contributed by atoms with Crippen molar-refractivity contribution < 1.29 is 4.79 Å². The van der Waals surface area contributed by atoms with Crippen molar-refractivity contribution in [1.29, 1.82) is 0 Å². The summed E-state index contributed by atoms with van der Waals surface area (Å²) in [5.41, 5.74) is 0.603. The summed E-state index contributed by atoms with van der Waals surface area (Å²) in [7, 11) is 1.77. The van der Waals surface area contributed by atoms with Crippen LogP contribution in [0.2, 0.25) is 0 Å². The number of likely N-dealkylation sites (N-methyl/N-ethyl adjacent to an activating group) is 1. The normalized spacial score (nSPS) is 19.4. The highest BCUT2D eigenvalue weighted by atomic mass is 16.1. The summed E-state index contributed by atoms with van der Waals surface area (Å²) < 4.78 is 0. The molecule has 1 atom stereocenters. The number of carbonyl (C=O) groups excluding carboxylic acids is 1. The average molecular weight is 262 g/mol. The molecule has 0 spiro atoms. The van der Waals surface area contributed by atoms with E-state index >= 15 is 0 Å². The van der Waals surface area contributed by atoms with Crippen molar-refractivity contribution in [2.45, 2.75) is 25.8 Å². The first-order valence-corrected chi connectivity index (χ1v) is 6.91. The van der Waals surface area contributed by atoms with Crippen LogP contribution in [0, 0.1) is 0 Å². The molecule has 2 rings (SSSR count). The smallest absolute Gasteiger partial charge is 0.255 e. The van der Waals surface area contributed by atoms with Crippen molar-refractivity contribution in [2.24, 2.45) is 0 Å². The first-order chi connectivity index (χ1) is 9.26. The number of likely N-dealkylation sites (tertiary alicyclic amines) is 1. The molecular formula is C14H22N4O. The number of nitrogens with one attached hydrogen (secondary N) is 2. The monoisotopic (exact) mass is 262 g/mol. The lowest BCUT2D eigenvalue weighted by atomic mass is 10.2. The number of carbonyl (C=O) groups is 1. The van der Waals surface area contributed by atoms with Crippen LogP contribution >= 0.6 is 0 Å². The van der Waals surface area contributed by atoms with Crippen molar-refractivity contribution in [3.8, 4) is 0 Å². The van der Waals surface area contributed by atoms with Crippen LogP contribution in [0.3, 0.4) is 0 Å². The molecule has 0 radical (unpaired) electrons. The Bertz CT molecular complexity index is 435. The Morgan fingerprint density at radius 1 is 1.58 bits per heavy atom. The summed E-state index contributed by atoms with van der Waals surface area (Å²) in [5.74, 6) is 0.569. The van der Waals surface area contributed by atoms with E-state index in [1.807, 2.05) is 0 Å². The van der Waals surface area contributed by atoms with Crippen molar-refractivity contribution in [3.05, 3.63) is 23.9 Å². The van der Waals surface area contributed by atoms with E-state index in [0.717, 1.165) is 13.1 Å². The van der Waals surface area contributed by atoms with E-state index in [1.54, 1.807) is 25.4 Å². The fraction of sp³-hybridized carbons (Fsp3) is 0.571. The molecule has 1 aromatic rings. The second kappa shape index (κ2) is 6.52. The second-order valence-corrected chi connectivity index (χ2v) is 4.78. The molecule has 2 N–H and O–H groups in total. The van der Waals surface area contributed by atoms with Gasteiger partial charge in [-0.2, -0.15) is 0 Å².